The van der Waals surface area contributed by atoms with Crippen molar-refractivity contribution >= 4 is 23.9 Å². The van der Waals surface area contributed by atoms with Crippen molar-refractivity contribution in [3.63, 3.8) is 0 Å². The number of rotatable bonds is 18. The number of nitrogens with zero attached hydrogens (tertiary/aromatic N) is 1. The van der Waals surface area contributed by atoms with Gasteiger partial charge in [0.1, 0.15) is 18.8 Å². The number of allylic oxidation sites excluding steroid dienone is 1. The fourth-order valence-corrected chi connectivity index (χ4v) is 4.04. The molecule has 2 rings (SSSR count). The molecule has 0 radical (unpaired) electrons. The SMILES string of the molecule is C=CC[C@@H](CC(=O)N(CCO)Cc1ccccc1)C(=O)NC[C@H](C)OC(=O)[C@@H](CC=C)NC(=O)OCc1ccccc1. The number of carbonyl (C=O) groups is 4. The van der Waals surface area contributed by atoms with E-state index in [1.165, 1.54) is 11.0 Å². The molecule has 0 spiro atoms. The lowest BCUT2D eigenvalue weighted by molar-refractivity contribution is -0.151. The molecule has 0 fully saturated rings. The third kappa shape index (κ3) is 12.4. The Balaban J connectivity index is 1.87. The number of aliphatic hydroxyl groups is 1. The number of hydrogen-bond acceptors (Lipinski definition) is 7. The highest BCUT2D eigenvalue weighted by atomic mass is 16.6. The molecule has 0 aliphatic carbocycles. The molecule has 2 aromatic rings. The van der Waals surface area contributed by atoms with Crippen molar-refractivity contribution in [2.45, 2.75) is 51.5 Å². The Kier molecular flexibility index (Phi) is 15.1. The van der Waals surface area contributed by atoms with Crippen LogP contribution in [0.4, 0.5) is 4.79 Å². The van der Waals surface area contributed by atoms with E-state index in [4.69, 9.17) is 9.47 Å². The first-order valence-electron chi connectivity index (χ1n) is 13.9. The molecule has 0 saturated carbocycles. The van der Waals surface area contributed by atoms with Crippen LogP contribution in [0.2, 0.25) is 0 Å². The molecule has 10 nitrogen and oxygen atoms in total. The first kappa shape index (κ1) is 33.8. The van der Waals surface area contributed by atoms with Crippen LogP contribution in [0.3, 0.4) is 0 Å². The van der Waals surface area contributed by atoms with Crippen molar-refractivity contribution in [3.05, 3.63) is 97.1 Å². The zero-order chi connectivity index (χ0) is 30.7. The van der Waals surface area contributed by atoms with Crippen LogP contribution in [0.1, 0.15) is 37.3 Å². The maximum Gasteiger partial charge on any atom is 0.408 e. The second-order valence-corrected chi connectivity index (χ2v) is 9.73. The molecule has 3 atom stereocenters. The van der Waals surface area contributed by atoms with Crippen molar-refractivity contribution < 1.29 is 33.8 Å². The molecule has 2 aromatic carbocycles. The molecule has 226 valence electrons. The predicted molar refractivity (Wildman–Crippen MR) is 159 cm³/mol. The number of carbonyl (C=O) groups excluding carboxylic acids is 4. The van der Waals surface area contributed by atoms with E-state index in [1.807, 2.05) is 60.7 Å². The third-order valence-electron chi connectivity index (χ3n) is 6.25. The molecule has 3 amide bonds. The lowest BCUT2D eigenvalue weighted by atomic mass is 9.99. The molecule has 10 heteroatoms. The zero-order valence-electron chi connectivity index (χ0n) is 24.1. The summed E-state index contributed by atoms with van der Waals surface area (Å²) in [5.41, 5.74) is 1.71. The fraction of sp³-hybridized carbons (Fsp3) is 0.375. The van der Waals surface area contributed by atoms with Crippen LogP contribution in [-0.4, -0.2) is 65.7 Å². The van der Waals surface area contributed by atoms with Gasteiger partial charge >= 0.3 is 12.1 Å². The zero-order valence-corrected chi connectivity index (χ0v) is 24.1. The average Bonchev–Trinajstić information content (AvgIpc) is 2.99. The van der Waals surface area contributed by atoms with Crippen molar-refractivity contribution in [3.8, 4) is 0 Å². The van der Waals surface area contributed by atoms with E-state index in [0.29, 0.717) is 6.54 Å². The van der Waals surface area contributed by atoms with Gasteiger partial charge in [0.15, 0.2) is 0 Å². The fourth-order valence-electron chi connectivity index (χ4n) is 4.04. The standard InChI is InChI=1S/C32H41N3O7/c1-4-12-27(20-29(37)35(18-19-36)22-25-14-8-6-9-15-25)30(38)33-21-24(3)42-31(39)28(13-5-2)34-32(40)41-23-26-16-10-7-11-17-26/h4-11,14-17,24,27-28,36H,1-2,12-13,18-23H2,3H3,(H,33,38)(H,34,40)/t24-,27-,28+/m0/s1. The summed E-state index contributed by atoms with van der Waals surface area (Å²) in [5, 5.41) is 14.7. The summed E-state index contributed by atoms with van der Waals surface area (Å²) in [4.78, 5) is 52.5. The van der Waals surface area contributed by atoms with Gasteiger partial charge in [-0.3, -0.25) is 9.59 Å². The Labute approximate surface area is 247 Å². The van der Waals surface area contributed by atoms with E-state index in [2.05, 4.69) is 23.8 Å². The van der Waals surface area contributed by atoms with Crippen LogP contribution >= 0.6 is 0 Å². The van der Waals surface area contributed by atoms with Gasteiger partial charge in [0.25, 0.3) is 0 Å². The molecule has 0 aliphatic rings. The Morgan fingerprint density at radius 2 is 1.57 bits per heavy atom. The lowest BCUT2D eigenvalue weighted by Gasteiger charge is -2.25. The minimum Gasteiger partial charge on any atom is -0.459 e. The number of ether oxygens (including phenoxy) is 2. The number of esters is 1. The van der Waals surface area contributed by atoms with Gasteiger partial charge in [0.2, 0.25) is 11.8 Å². The lowest BCUT2D eigenvalue weighted by Crippen LogP contribution is -2.44. The van der Waals surface area contributed by atoms with Crippen molar-refractivity contribution in [2.75, 3.05) is 19.7 Å². The van der Waals surface area contributed by atoms with E-state index < -0.39 is 30.1 Å². The Bertz CT molecular complexity index is 1160. The van der Waals surface area contributed by atoms with Crippen molar-refractivity contribution in [1.29, 1.82) is 0 Å². The smallest absolute Gasteiger partial charge is 0.408 e. The molecule has 0 heterocycles. The van der Waals surface area contributed by atoms with E-state index in [1.54, 1.807) is 13.0 Å². The van der Waals surface area contributed by atoms with Gasteiger partial charge in [0, 0.05) is 19.5 Å². The number of nitrogens with one attached hydrogen (secondary N) is 2. The number of alkyl carbamates (subject to hydrolysis) is 1. The summed E-state index contributed by atoms with van der Waals surface area (Å²) in [6.45, 7) is 9.22. The number of aliphatic hydroxyl groups excluding tert-OH is 1. The van der Waals surface area contributed by atoms with Gasteiger partial charge < -0.3 is 30.1 Å². The first-order chi connectivity index (χ1) is 20.3. The molecule has 0 aromatic heterocycles. The quantitative estimate of drug-likeness (QED) is 0.182. The van der Waals surface area contributed by atoms with E-state index in [-0.39, 0.29) is 57.4 Å². The van der Waals surface area contributed by atoms with Crippen LogP contribution < -0.4 is 10.6 Å². The maximum absolute atomic E-state index is 13.0. The second-order valence-electron chi connectivity index (χ2n) is 9.73. The summed E-state index contributed by atoms with van der Waals surface area (Å²) in [5.74, 6) is -2.05. The van der Waals surface area contributed by atoms with Crippen molar-refractivity contribution in [1.82, 2.24) is 15.5 Å². The largest absolute Gasteiger partial charge is 0.459 e. The van der Waals surface area contributed by atoms with E-state index in [9.17, 15) is 24.3 Å². The molecule has 3 N–H and O–H groups in total. The van der Waals surface area contributed by atoms with Gasteiger partial charge in [-0.25, -0.2) is 9.59 Å². The Morgan fingerprint density at radius 3 is 2.17 bits per heavy atom. The molecule has 0 bridgehead atoms. The highest BCUT2D eigenvalue weighted by Gasteiger charge is 2.26. The third-order valence-corrected chi connectivity index (χ3v) is 6.25. The van der Waals surface area contributed by atoms with Crippen LogP contribution in [0.5, 0.6) is 0 Å². The normalized spacial score (nSPS) is 12.6. The highest BCUT2D eigenvalue weighted by Crippen LogP contribution is 2.15. The maximum atomic E-state index is 13.0. The average molecular weight is 580 g/mol. The number of benzene rings is 2. The summed E-state index contributed by atoms with van der Waals surface area (Å²) in [6, 6.07) is 17.5. The Hall–Kier alpha value is -4.44. The summed E-state index contributed by atoms with van der Waals surface area (Å²) >= 11 is 0. The molecular formula is C32H41N3O7. The summed E-state index contributed by atoms with van der Waals surface area (Å²) < 4.78 is 10.6. The number of hydrogen-bond donors (Lipinski definition) is 3. The van der Waals surface area contributed by atoms with Gasteiger partial charge in [-0.05, 0) is 30.9 Å². The van der Waals surface area contributed by atoms with E-state index >= 15 is 0 Å². The van der Waals surface area contributed by atoms with Gasteiger partial charge in [-0.2, -0.15) is 0 Å². The van der Waals surface area contributed by atoms with Crippen LogP contribution in [0.15, 0.2) is 86.0 Å². The van der Waals surface area contributed by atoms with Gasteiger partial charge in [-0.15, -0.1) is 13.2 Å². The number of amides is 3. The van der Waals surface area contributed by atoms with Gasteiger partial charge in [-0.1, -0.05) is 72.8 Å². The van der Waals surface area contributed by atoms with Crippen LogP contribution in [0.25, 0.3) is 0 Å². The second kappa shape index (κ2) is 18.8. The molecule has 42 heavy (non-hydrogen) atoms. The van der Waals surface area contributed by atoms with Gasteiger partial charge in [0.05, 0.1) is 19.1 Å². The monoisotopic (exact) mass is 579 g/mol. The molecule has 0 unspecified atom stereocenters. The van der Waals surface area contributed by atoms with Crippen LogP contribution in [0, 0.1) is 5.92 Å². The van der Waals surface area contributed by atoms with E-state index in [0.717, 1.165) is 11.1 Å². The van der Waals surface area contributed by atoms with Crippen molar-refractivity contribution in [2.24, 2.45) is 5.92 Å². The molecule has 0 saturated heterocycles. The highest BCUT2D eigenvalue weighted by molar-refractivity contribution is 5.86. The predicted octanol–water partition coefficient (Wildman–Crippen LogP) is 3.51. The minimum atomic E-state index is -1.02. The summed E-state index contributed by atoms with van der Waals surface area (Å²) in [7, 11) is 0. The van der Waals surface area contributed by atoms with Crippen LogP contribution in [-0.2, 0) is 37.0 Å². The topological polar surface area (TPSA) is 134 Å². The first-order valence-corrected chi connectivity index (χ1v) is 13.9. The minimum absolute atomic E-state index is 0.00393. The Morgan fingerprint density at radius 1 is 0.952 bits per heavy atom. The molecular weight excluding hydrogens is 538 g/mol. The molecule has 0 aliphatic heterocycles. The summed E-state index contributed by atoms with van der Waals surface area (Å²) in [6.07, 6.45) is 1.86.